The van der Waals surface area contributed by atoms with Gasteiger partial charge in [0.2, 0.25) is 5.91 Å². The standard InChI is InChI=1S/C16H25ClN4O/c1-4-18-16(20-10-9-19-15(22)12(2)3)21-11-13-5-7-14(17)8-6-13/h5-8,12H,4,9-11H2,1-3H3,(H,19,22)(H2,18,20,21). The zero-order valence-electron chi connectivity index (χ0n) is 13.4. The van der Waals surface area contributed by atoms with Gasteiger partial charge in [-0.2, -0.15) is 0 Å². The third-order valence-corrected chi connectivity index (χ3v) is 3.17. The fourth-order valence-corrected chi connectivity index (χ4v) is 1.80. The maximum atomic E-state index is 11.5. The van der Waals surface area contributed by atoms with Crippen molar-refractivity contribution in [1.29, 1.82) is 0 Å². The highest BCUT2D eigenvalue weighted by Gasteiger charge is 2.05. The summed E-state index contributed by atoms with van der Waals surface area (Å²) in [6.07, 6.45) is 0. The van der Waals surface area contributed by atoms with Crippen LogP contribution in [0.4, 0.5) is 0 Å². The maximum absolute atomic E-state index is 11.5. The average molecular weight is 325 g/mol. The van der Waals surface area contributed by atoms with Gasteiger partial charge in [-0.3, -0.25) is 4.79 Å². The Kier molecular flexibility index (Phi) is 8.36. The number of carbonyl (C=O) groups is 1. The van der Waals surface area contributed by atoms with Gasteiger partial charge in [0.15, 0.2) is 5.96 Å². The Hall–Kier alpha value is -1.75. The second kappa shape index (κ2) is 10.1. The molecule has 0 aliphatic heterocycles. The summed E-state index contributed by atoms with van der Waals surface area (Å²) in [6.45, 7) is 8.32. The number of benzene rings is 1. The fourth-order valence-electron chi connectivity index (χ4n) is 1.67. The van der Waals surface area contributed by atoms with E-state index in [1.165, 1.54) is 0 Å². The van der Waals surface area contributed by atoms with Gasteiger partial charge < -0.3 is 16.0 Å². The molecule has 122 valence electrons. The Morgan fingerprint density at radius 3 is 2.36 bits per heavy atom. The Bertz CT molecular complexity index is 485. The van der Waals surface area contributed by atoms with Gasteiger partial charge in [-0.05, 0) is 24.6 Å². The largest absolute Gasteiger partial charge is 0.357 e. The monoisotopic (exact) mass is 324 g/mol. The van der Waals surface area contributed by atoms with Gasteiger partial charge in [0, 0.05) is 30.6 Å². The van der Waals surface area contributed by atoms with E-state index in [0.717, 1.165) is 23.1 Å². The van der Waals surface area contributed by atoms with Gasteiger partial charge in [0.05, 0.1) is 6.54 Å². The van der Waals surface area contributed by atoms with Gasteiger partial charge in [0.1, 0.15) is 0 Å². The number of carbonyl (C=O) groups excluding carboxylic acids is 1. The molecule has 22 heavy (non-hydrogen) atoms. The summed E-state index contributed by atoms with van der Waals surface area (Å²) in [5.74, 6) is 0.799. The van der Waals surface area contributed by atoms with Crippen molar-refractivity contribution in [2.75, 3.05) is 19.6 Å². The summed E-state index contributed by atoms with van der Waals surface area (Å²) >= 11 is 5.86. The Balaban J connectivity index is 2.42. The van der Waals surface area contributed by atoms with Crippen molar-refractivity contribution in [3.63, 3.8) is 0 Å². The molecule has 6 heteroatoms. The number of rotatable bonds is 7. The van der Waals surface area contributed by atoms with Crippen LogP contribution < -0.4 is 16.0 Å². The average Bonchev–Trinajstić information content (AvgIpc) is 2.50. The van der Waals surface area contributed by atoms with Crippen LogP contribution in [0.25, 0.3) is 0 Å². The first-order valence-corrected chi connectivity index (χ1v) is 7.95. The number of guanidine groups is 1. The van der Waals surface area contributed by atoms with Crippen molar-refractivity contribution in [2.45, 2.75) is 27.3 Å². The van der Waals surface area contributed by atoms with E-state index in [9.17, 15) is 4.79 Å². The van der Waals surface area contributed by atoms with E-state index in [1.807, 2.05) is 45.0 Å². The lowest BCUT2D eigenvalue weighted by atomic mass is 10.2. The first-order valence-electron chi connectivity index (χ1n) is 7.57. The summed E-state index contributed by atoms with van der Waals surface area (Å²) in [6, 6.07) is 7.62. The molecule has 0 aliphatic carbocycles. The molecule has 0 heterocycles. The minimum atomic E-state index is 0.00630. The zero-order valence-corrected chi connectivity index (χ0v) is 14.2. The third kappa shape index (κ3) is 7.31. The molecule has 0 spiro atoms. The van der Waals surface area contributed by atoms with E-state index in [4.69, 9.17) is 11.6 Å². The molecule has 1 amide bonds. The normalized spacial score (nSPS) is 11.4. The topological polar surface area (TPSA) is 65.5 Å². The molecule has 0 atom stereocenters. The van der Waals surface area contributed by atoms with E-state index >= 15 is 0 Å². The van der Waals surface area contributed by atoms with Crippen molar-refractivity contribution >= 4 is 23.5 Å². The van der Waals surface area contributed by atoms with Crippen LogP contribution in [0.15, 0.2) is 29.3 Å². The van der Waals surface area contributed by atoms with Crippen molar-refractivity contribution in [1.82, 2.24) is 16.0 Å². The number of hydrogen-bond donors (Lipinski definition) is 3. The molecule has 3 N–H and O–H groups in total. The first kappa shape index (κ1) is 18.3. The molecule has 0 unspecified atom stereocenters. The van der Waals surface area contributed by atoms with Crippen LogP contribution in [-0.4, -0.2) is 31.5 Å². The lowest BCUT2D eigenvalue weighted by Crippen LogP contribution is -2.42. The number of aliphatic imine (C=N–C) groups is 1. The number of nitrogens with zero attached hydrogens (tertiary/aromatic N) is 1. The molecule has 0 aromatic heterocycles. The lowest BCUT2D eigenvalue weighted by Gasteiger charge is -2.12. The minimum absolute atomic E-state index is 0.00630. The van der Waals surface area contributed by atoms with Gasteiger partial charge >= 0.3 is 0 Å². The predicted octanol–water partition coefficient (Wildman–Crippen LogP) is 2.17. The summed E-state index contributed by atoms with van der Waals surface area (Å²) in [5.41, 5.74) is 1.09. The second-order valence-corrected chi connectivity index (χ2v) is 5.63. The maximum Gasteiger partial charge on any atom is 0.222 e. The van der Waals surface area contributed by atoms with Gasteiger partial charge in [-0.1, -0.05) is 37.6 Å². The van der Waals surface area contributed by atoms with Crippen molar-refractivity contribution in [2.24, 2.45) is 10.9 Å². The fraction of sp³-hybridized carbons (Fsp3) is 0.500. The van der Waals surface area contributed by atoms with Crippen LogP contribution in [-0.2, 0) is 11.3 Å². The first-order chi connectivity index (χ1) is 10.5. The van der Waals surface area contributed by atoms with Gasteiger partial charge in [-0.25, -0.2) is 4.99 Å². The highest BCUT2D eigenvalue weighted by molar-refractivity contribution is 6.30. The third-order valence-electron chi connectivity index (χ3n) is 2.92. The van der Waals surface area contributed by atoms with Gasteiger partial charge in [0.25, 0.3) is 0 Å². The molecule has 0 fully saturated rings. The quantitative estimate of drug-likeness (QED) is 0.409. The molecule has 1 aromatic carbocycles. The highest BCUT2D eigenvalue weighted by Crippen LogP contribution is 2.09. The van der Waals surface area contributed by atoms with E-state index in [0.29, 0.717) is 19.6 Å². The second-order valence-electron chi connectivity index (χ2n) is 5.19. The van der Waals surface area contributed by atoms with Gasteiger partial charge in [-0.15, -0.1) is 0 Å². The number of hydrogen-bond acceptors (Lipinski definition) is 2. The SMILES string of the molecule is CCNC(=NCc1ccc(Cl)cc1)NCCNC(=O)C(C)C. The van der Waals surface area contributed by atoms with E-state index < -0.39 is 0 Å². The summed E-state index contributed by atoms with van der Waals surface area (Å²) in [4.78, 5) is 16.0. The number of halogens is 1. The van der Waals surface area contributed by atoms with Crippen LogP contribution in [0, 0.1) is 5.92 Å². The van der Waals surface area contributed by atoms with Crippen LogP contribution in [0.3, 0.4) is 0 Å². The lowest BCUT2D eigenvalue weighted by molar-refractivity contribution is -0.123. The Morgan fingerprint density at radius 1 is 1.14 bits per heavy atom. The Labute approximate surface area is 137 Å². The smallest absolute Gasteiger partial charge is 0.222 e. The van der Waals surface area contributed by atoms with Crippen LogP contribution in [0.5, 0.6) is 0 Å². The predicted molar refractivity (Wildman–Crippen MR) is 92.1 cm³/mol. The molecule has 0 aliphatic rings. The molecule has 0 bridgehead atoms. The van der Waals surface area contributed by atoms with Crippen LogP contribution >= 0.6 is 11.6 Å². The zero-order chi connectivity index (χ0) is 16.4. The molecular formula is C16H25ClN4O. The highest BCUT2D eigenvalue weighted by atomic mass is 35.5. The number of amides is 1. The molecule has 0 saturated carbocycles. The molecule has 0 radical (unpaired) electrons. The van der Waals surface area contributed by atoms with E-state index in [1.54, 1.807) is 0 Å². The van der Waals surface area contributed by atoms with Crippen LogP contribution in [0.2, 0.25) is 5.02 Å². The minimum Gasteiger partial charge on any atom is -0.357 e. The molecule has 1 aromatic rings. The summed E-state index contributed by atoms with van der Waals surface area (Å²) in [7, 11) is 0. The van der Waals surface area contributed by atoms with Crippen LogP contribution in [0.1, 0.15) is 26.3 Å². The summed E-state index contributed by atoms with van der Waals surface area (Å²) in [5, 5.41) is 9.95. The molecule has 1 rings (SSSR count). The van der Waals surface area contributed by atoms with E-state index in [-0.39, 0.29) is 11.8 Å². The van der Waals surface area contributed by atoms with Crippen molar-refractivity contribution in [3.05, 3.63) is 34.9 Å². The number of nitrogens with one attached hydrogen (secondary N) is 3. The van der Waals surface area contributed by atoms with Crippen molar-refractivity contribution < 1.29 is 4.79 Å². The van der Waals surface area contributed by atoms with Crippen molar-refractivity contribution in [3.8, 4) is 0 Å². The summed E-state index contributed by atoms with van der Waals surface area (Å²) < 4.78 is 0. The molecule has 0 saturated heterocycles. The van der Waals surface area contributed by atoms with E-state index in [2.05, 4.69) is 20.9 Å². The molecular weight excluding hydrogens is 300 g/mol. The molecule has 5 nitrogen and oxygen atoms in total. The Morgan fingerprint density at radius 2 is 1.77 bits per heavy atom.